The molecule has 6 nitrogen and oxygen atoms in total. The van der Waals surface area contributed by atoms with Crippen molar-refractivity contribution < 1.29 is 24.2 Å². The lowest BCUT2D eigenvalue weighted by molar-refractivity contribution is -0.146. The van der Waals surface area contributed by atoms with Crippen molar-refractivity contribution in [1.29, 1.82) is 0 Å². The number of halogens is 1. The quantitative estimate of drug-likeness (QED) is 0.732. The Hall–Kier alpha value is -2.15. The molecule has 0 fully saturated rings. The van der Waals surface area contributed by atoms with Gasteiger partial charge in [-0.1, -0.05) is 6.07 Å². The van der Waals surface area contributed by atoms with Gasteiger partial charge < -0.3 is 15.5 Å². The SMILES string of the molecule is CCN(C(=O)NCCC(O)C(=O)O)c1cccc(F)c1. The zero-order valence-corrected chi connectivity index (χ0v) is 11.0. The maximum atomic E-state index is 13.1. The summed E-state index contributed by atoms with van der Waals surface area (Å²) < 4.78 is 13.1. The molecule has 0 heterocycles. The Labute approximate surface area is 115 Å². The average molecular weight is 284 g/mol. The minimum Gasteiger partial charge on any atom is -0.479 e. The van der Waals surface area contributed by atoms with Crippen LogP contribution in [0.2, 0.25) is 0 Å². The van der Waals surface area contributed by atoms with E-state index in [2.05, 4.69) is 5.32 Å². The Morgan fingerprint density at radius 1 is 1.45 bits per heavy atom. The summed E-state index contributed by atoms with van der Waals surface area (Å²) in [7, 11) is 0. The topological polar surface area (TPSA) is 89.9 Å². The van der Waals surface area contributed by atoms with Crippen molar-refractivity contribution in [2.45, 2.75) is 19.4 Å². The summed E-state index contributed by atoms with van der Waals surface area (Å²) >= 11 is 0. The van der Waals surface area contributed by atoms with Gasteiger partial charge in [-0.2, -0.15) is 0 Å². The number of amides is 2. The van der Waals surface area contributed by atoms with Crippen molar-refractivity contribution in [1.82, 2.24) is 5.32 Å². The molecule has 0 radical (unpaired) electrons. The highest BCUT2D eigenvalue weighted by atomic mass is 19.1. The van der Waals surface area contributed by atoms with Crippen molar-refractivity contribution in [2.24, 2.45) is 0 Å². The number of nitrogens with zero attached hydrogens (tertiary/aromatic N) is 1. The highest BCUT2D eigenvalue weighted by molar-refractivity contribution is 5.91. The van der Waals surface area contributed by atoms with Gasteiger partial charge in [0, 0.05) is 25.2 Å². The van der Waals surface area contributed by atoms with Crippen LogP contribution in [0, 0.1) is 5.82 Å². The molecule has 20 heavy (non-hydrogen) atoms. The first kappa shape index (κ1) is 15.9. The summed E-state index contributed by atoms with van der Waals surface area (Å²) in [5, 5.41) is 20.0. The van der Waals surface area contributed by atoms with Crippen molar-refractivity contribution in [3.63, 3.8) is 0 Å². The Kier molecular flexibility index (Phi) is 5.92. The Morgan fingerprint density at radius 2 is 2.15 bits per heavy atom. The van der Waals surface area contributed by atoms with E-state index in [0.717, 1.165) is 0 Å². The van der Waals surface area contributed by atoms with Gasteiger partial charge in [0.25, 0.3) is 0 Å². The van der Waals surface area contributed by atoms with Crippen LogP contribution < -0.4 is 10.2 Å². The summed E-state index contributed by atoms with van der Waals surface area (Å²) in [4.78, 5) is 23.6. The smallest absolute Gasteiger partial charge is 0.332 e. The van der Waals surface area contributed by atoms with Gasteiger partial charge in [0.15, 0.2) is 6.10 Å². The van der Waals surface area contributed by atoms with E-state index in [4.69, 9.17) is 10.2 Å². The third kappa shape index (κ3) is 4.51. The van der Waals surface area contributed by atoms with Gasteiger partial charge in [0.1, 0.15) is 5.82 Å². The molecule has 1 rings (SSSR count). The van der Waals surface area contributed by atoms with Gasteiger partial charge in [-0.25, -0.2) is 14.0 Å². The second kappa shape index (κ2) is 7.44. The van der Waals surface area contributed by atoms with E-state index in [-0.39, 0.29) is 13.0 Å². The van der Waals surface area contributed by atoms with Gasteiger partial charge in [-0.15, -0.1) is 0 Å². The van der Waals surface area contributed by atoms with Crippen LogP contribution in [0.5, 0.6) is 0 Å². The molecular formula is C13H17FN2O4. The van der Waals surface area contributed by atoms with E-state index < -0.39 is 23.9 Å². The largest absolute Gasteiger partial charge is 0.479 e. The number of anilines is 1. The number of carbonyl (C=O) groups excluding carboxylic acids is 1. The predicted molar refractivity (Wildman–Crippen MR) is 71.1 cm³/mol. The average Bonchev–Trinajstić information content (AvgIpc) is 2.39. The molecule has 0 aliphatic heterocycles. The summed E-state index contributed by atoms with van der Waals surface area (Å²) in [5.41, 5.74) is 0.406. The second-order valence-electron chi connectivity index (χ2n) is 4.10. The lowest BCUT2D eigenvalue weighted by atomic mass is 10.2. The lowest BCUT2D eigenvalue weighted by Crippen LogP contribution is -2.41. The summed E-state index contributed by atoms with van der Waals surface area (Å²) in [6.07, 6.45) is -1.61. The number of carboxylic acids is 1. The standard InChI is InChI=1S/C13H17FN2O4/c1-2-16(10-5-3-4-9(14)8-10)13(20)15-7-6-11(17)12(18)19/h3-5,8,11,17H,2,6-7H2,1H3,(H,15,20)(H,18,19). The van der Waals surface area contributed by atoms with E-state index in [1.165, 1.54) is 23.1 Å². The Balaban J connectivity index is 2.58. The molecule has 7 heteroatoms. The van der Waals surface area contributed by atoms with Crippen LogP contribution in [0.4, 0.5) is 14.9 Å². The number of aliphatic hydroxyl groups excluding tert-OH is 1. The lowest BCUT2D eigenvalue weighted by Gasteiger charge is -2.21. The molecule has 1 atom stereocenters. The highest BCUT2D eigenvalue weighted by Gasteiger charge is 2.16. The minimum absolute atomic E-state index is 0.0120. The van der Waals surface area contributed by atoms with Crippen molar-refractivity contribution in [3.05, 3.63) is 30.1 Å². The van der Waals surface area contributed by atoms with E-state index >= 15 is 0 Å². The maximum absolute atomic E-state index is 13.1. The zero-order valence-electron chi connectivity index (χ0n) is 11.0. The molecule has 2 amide bonds. The first-order valence-corrected chi connectivity index (χ1v) is 6.17. The molecule has 110 valence electrons. The van der Waals surface area contributed by atoms with Gasteiger partial charge in [-0.3, -0.25) is 4.90 Å². The van der Waals surface area contributed by atoms with Crippen LogP contribution >= 0.6 is 0 Å². The number of hydrogen-bond acceptors (Lipinski definition) is 3. The molecular weight excluding hydrogens is 267 g/mol. The summed E-state index contributed by atoms with van der Waals surface area (Å²) in [6, 6.07) is 5.12. The van der Waals surface area contributed by atoms with Crippen molar-refractivity contribution >= 4 is 17.7 Å². The van der Waals surface area contributed by atoms with E-state index in [9.17, 15) is 14.0 Å². The number of benzene rings is 1. The monoisotopic (exact) mass is 284 g/mol. The normalized spacial score (nSPS) is 11.8. The maximum Gasteiger partial charge on any atom is 0.332 e. The second-order valence-corrected chi connectivity index (χ2v) is 4.10. The fourth-order valence-electron chi connectivity index (χ4n) is 1.62. The van der Waals surface area contributed by atoms with Crippen LogP contribution in [-0.2, 0) is 4.79 Å². The number of aliphatic carboxylic acids is 1. The molecule has 1 aromatic rings. The van der Waals surface area contributed by atoms with Crippen molar-refractivity contribution in [3.8, 4) is 0 Å². The molecule has 1 aromatic carbocycles. The van der Waals surface area contributed by atoms with Crippen molar-refractivity contribution in [2.75, 3.05) is 18.0 Å². The number of aliphatic hydroxyl groups is 1. The van der Waals surface area contributed by atoms with Gasteiger partial charge in [0.05, 0.1) is 0 Å². The fourth-order valence-corrected chi connectivity index (χ4v) is 1.62. The van der Waals surface area contributed by atoms with Crippen LogP contribution in [0.3, 0.4) is 0 Å². The predicted octanol–water partition coefficient (Wildman–Crippen LogP) is 1.20. The number of nitrogens with one attached hydrogen (secondary N) is 1. The third-order valence-electron chi connectivity index (χ3n) is 2.66. The first-order valence-electron chi connectivity index (χ1n) is 6.17. The number of carboxylic acid groups (broad SMARTS) is 1. The number of hydrogen-bond donors (Lipinski definition) is 3. The van der Waals surface area contributed by atoms with Crippen LogP contribution in [-0.4, -0.2) is 41.4 Å². The molecule has 0 aromatic heterocycles. The van der Waals surface area contributed by atoms with E-state index in [1.807, 2.05) is 0 Å². The number of carbonyl (C=O) groups is 2. The highest BCUT2D eigenvalue weighted by Crippen LogP contribution is 2.15. The first-order chi connectivity index (χ1) is 9.45. The molecule has 0 saturated carbocycles. The van der Waals surface area contributed by atoms with Crippen LogP contribution in [0.15, 0.2) is 24.3 Å². The van der Waals surface area contributed by atoms with Gasteiger partial charge in [-0.05, 0) is 25.1 Å². The summed E-state index contributed by atoms with van der Waals surface area (Å²) in [5.74, 6) is -1.79. The molecule has 3 N–H and O–H groups in total. The van der Waals surface area contributed by atoms with E-state index in [1.54, 1.807) is 13.0 Å². The number of rotatable bonds is 6. The number of urea groups is 1. The molecule has 0 aliphatic rings. The minimum atomic E-state index is -1.51. The summed E-state index contributed by atoms with van der Waals surface area (Å²) in [6.45, 7) is 2.07. The Morgan fingerprint density at radius 3 is 2.70 bits per heavy atom. The molecule has 0 aliphatic carbocycles. The van der Waals surface area contributed by atoms with Crippen LogP contribution in [0.1, 0.15) is 13.3 Å². The molecule has 0 bridgehead atoms. The van der Waals surface area contributed by atoms with Crippen LogP contribution in [0.25, 0.3) is 0 Å². The van der Waals surface area contributed by atoms with E-state index in [0.29, 0.717) is 12.2 Å². The zero-order chi connectivity index (χ0) is 15.1. The van der Waals surface area contributed by atoms with Gasteiger partial charge >= 0.3 is 12.0 Å². The Bertz CT molecular complexity index is 481. The third-order valence-corrected chi connectivity index (χ3v) is 2.66. The molecule has 0 spiro atoms. The molecule has 0 saturated heterocycles. The fraction of sp³-hybridized carbons (Fsp3) is 0.385. The van der Waals surface area contributed by atoms with Gasteiger partial charge in [0.2, 0.25) is 0 Å². The molecule has 1 unspecified atom stereocenters.